The fourth-order valence-electron chi connectivity index (χ4n) is 2.32. The highest BCUT2D eigenvalue weighted by Crippen LogP contribution is 2.33. The standard InChI is InChI=1S/C19H15ClO3/c1-12(21)13-3-4-15-10-17(6-5-14(15)9-13)23-19-8-7-16(22-2)11-18(19)20/h3-11H,1-2H3. The van der Waals surface area contributed by atoms with Crippen molar-refractivity contribution in [2.75, 3.05) is 7.11 Å². The van der Waals surface area contributed by atoms with Crippen molar-refractivity contribution < 1.29 is 14.3 Å². The number of carbonyl (C=O) groups excluding carboxylic acids is 1. The van der Waals surface area contributed by atoms with E-state index in [1.807, 2.05) is 36.4 Å². The SMILES string of the molecule is COc1ccc(Oc2ccc3cc(C(C)=O)ccc3c2)c(Cl)c1. The monoisotopic (exact) mass is 326 g/mol. The van der Waals surface area contributed by atoms with Gasteiger partial charge in [0.1, 0.15) is 17.2 Å². The van der Waals surface area contributed by atoms with Crippen LogP contribution in [0.15, 0.2) is 54.6 Å². The van der Waals surface area contributed by atoms with Crippen LogP contribution in [0, 0.1) is 0 Å². The van der Waals surface area contributed by atoms with E-state index in [1.165, 1.54) is 0 Å². The molecule has 3 nitrogen and oxygen atoms in total. The molecule has 0 aromatic heterocycles. The van der Waals surface area contributed by atoms with Crippen LogP contribution in [0.4, 0.5) is 0 Å². The van der Waals surface area contributed by atoms with E-state index >= 15 is 0 Å². The molecule has 23 heavy (non-hydrogen) atoms. The second-order valence-corrected chi connectivity index (χ2v) is 5.59. The number of Topliss-reactive ketones (excluding diaryl/α,β-unsaturated/α-hetero) is 1. The van der Waals surface area contributed by atoms with E-state index < -0.39 is 0 Å². The molecular formula is C19H15ClO3. The Morgan fingerprint density at radius 1 is 0.913 bits per heavy atom. The van der Waals surface area contributed by atoms with Crippen LogP contribution in [-0.2, 0) is 0 Å². The fraction of sp³-hybridized carbons (Fsp3) is 0.105. The van der Waals surface area contributed by atoms with Crippen molar-refractivity contribution in [3.63, 3.8) is 0 Å². The van der Waals surface area contributed by atoms with Crippen LogP contribution in [0.1, 0.15) is 17.3 Å². The maximum Gasteiger partial charge on any atom is 0.159 e. The van der Waals surface area contributed by atoms with Gasteiger partial charge in [-0.2, -0.15) is 0 Å². The summed E-state index contributed by atoms with van der Waals surface area (Å²) in [7, 11) is 1.59. The van der Waals surface area contributed by atoms with E-state index in [9.17, 15) is 4.79 Å². The summed E-state index contributed by atoms with van der Waals surface area (Å²) in [5.74, 6) is 1.97. The Bertz CT molecular complexity index is 887. The minimum atomic E-state index is 0.0530. The van der Waals surface area contributed by atoms with Gasteiger partial charge in [0.15, 0.2) is 5.78 Å². The number of ether oxygens (including phenoxy) is 2. The summed E-state index contributed by atoms with van der Waals surface area (Å²) >= 11 is 6.19. The lowest BCUT2D eigenvalue weighted by molar-refractivity contribution is 0.101. The molecule has 0 aliphatic carbocycles. The summed E-state index contributed by atoms with van der Waals surface area (Å²) in [5.41, 5.74) is 0.698. The van der Waals surface area contributed by atoms with Crippen molar-refractivity contribution in [3.8, 4) is 17.2 Å². The molecule has 3 aromatic rings. The van der Waals surface area contributed by atoms with Gasteiger partial charge in [0.25, 0.3) is 0 Å². The highest BCUT2D eigenvalue weighted by Gasteiger charge is 2.07. The number of hydrogen-bond acceptors (Lipinski definition) is 3. The summed E-state index contributed by atoms with van der Waals surface area (Å²) in [4.78, 5) is 11.4. The molecule has 3 aromatic carbocycles. The molecule has 0 spiro atoms. The van der Waals surface area contributed by atoms with E-state index in [1.54, 1.807) is 32.2 Å². The first-order chi connectivity index (χ1) is 11.1. The zero-order chi connectivity index (χ0) is 16.4. The second-order valence-electron chi connectivity index (χ2n) is 5.18. The highest BCUT2D eigenvalue weighted by atomic mass is 35.5. The van der Waals surface area contributed by atoms with E-state index in [0.717, 1.165) is 10.8 Å². The van der Waals surface area contributed by atoms with Crippen LogP contribution in [0.2, 0.25) is 5.02 Å². The van der Waals surface area contributed by atoms with Gasteiger partial charge >= 0.3 is 0 Å². The number of benzene rings is 3. The molecule has 0 fully saturated rings. The number of rotatable bonds is 4. The number of carbonyl (C=O) groups is 1. The van der Waals surface area contributed by atoms with Crippen LogP contribution in [0.3, 0.4) is 0 Å². The van der Waals surface area contributed by atoms with Crippen LogP contribution in [0.5, 0.6) is 17.2 Å². The topological polar surface area (TPSA) is 35.5 Å². The minimum absolute atomic E-state index is 0.0530. The first kappa shape index (κ1) is 15.4. The minimum Gasteiger partial charge on any atom is -0.497 e. The number of ketones is 1. The average molecular weight is 327 g/mol. The molecular weight excluding hydrogens is 312 g/mol. The van der Waals surface area contributed by atoms with E-state index in [0.29, 0.717) is 27.8 Å². The third-order valence-electron chi connectivity index (χ3n) is 3.59. The predicted octanol–water partition coefficient (Wildman–Crippen LogP) is 5.50. The Balaban J connectivity index is 1.92. The van der Waals surface area contributed by atoms with E-state index in [2.05, 4.69) is 0 Å². The molecule has 0 saturated carbocycles. The Hall–Kier alpha value is -2.52. The predicted molar refractivity (Wildman–Crippen MR) is 92.0 cm³/mol. The van der Waals surface area contributed by atoms with Crippen LogP contribution < -0.4 is 9.47 Å². The zero-order valence-corrected chi connectivity index (χ0v) is 13.6. The maximum absolute atomic E-state index is 11.4. The number of hydrogen-bond donors (Lipinski definition) is 0. The Labute approximate surface area is 139 Å². The lowest BCUT2D eigenvalue weighted by atomic mass is 10.0. The molecule has 4 heteroatoms. The van der Waals surface area contributed by atoms with Gasteiger partial charge in [0, 0.05) is 11.6 Å². The first-order valence-electron chi connectivity index (χ1n) is 7.13. The van der Waals surface area contributed by atoms with Gasteiger partial charge in [-0.25, -0.2) is 0 Å². The molecule has 0 unspecified atom stereocenters. The summed E-state index contributed by atoms with van der Waals surface area (Å²) in [6.07, 6.45) is 0. The van der Waals surface area contributed by atoms with Crippen molar-refractivity contribution >= 4 is 28.2 Å². The molecule has 0 atom stereocenters. The summed E-state index contributed by atoms with van der Waals surface area (Å²) < 4.78 is 11.0. The molecule has 116 valence electrons. The molecule has 0 saturated heterocycles. The summed E-state index contributed by atoms with van der Waals surface area (Å²) in [6, 6.07) is 16.6. The van der Waals surface area contributed by atoms with Crippen LogP contribution in [-0.4, -0.2) is 12.9 Å². The van der Waals surface area contributed by atoms with Gasteiger partial charge < -0.3 is 9.47 Å². The molecule has 0 amide bonds. The van der Waals surface area contributed by atoms with Gasteiger partial charge in [0.2, 0.25) is 0 Å². The van der Waals surface area contributed by atoms with Crippen molar-refractivity contribution in [1.82, 2.24) is 0 Å². The Morgan fingerprint density at radius 3 is 2.30 bits per heavy atom. The van der Waals surface area contributed by atoms with E-state index in [4.69, 9.17) is 21.1 Å². The molecule has 0 aliphatic rings. The summed E-state index contributed by atoms with van der Waals surface area (Å²) in [6.45, 7) is 1.56. The quantitative estimate of drug-likeness (QED) is 0.594. The van der Waals surface area contributed by atoms with Crippen molar-refractivity contribution in [3.05, 3.63) is 65.2 Å². The smallest absolute Gasteiger partial charge is 0.159 e. The Morgan fingerprint density at radius 2 is 1.61 bits per heavy atom. The van der Waals surface area contributed by atoms with Gasteiger partial charge in [-0.05, 0) is 48.0 Å². The molecule has 0 radical (unpaired) electrons. The molecule has 0 heterocycles. The first-order valence-corrected chi connectivity index (χ1v) is 7.51. The summed E-state index contributed by atoms with van der Waals surface area (Å²) in [5, 5.41) is 2.47. The maximum atomic E-state index is 11.4. The fourth-order valence-corrected chi connectivity index (χ4v) is 2.53. The van der Waals surface area contributed by atoms with Gasteiger partial charge in [-0.1, -0.05) is 29.8 Å². The third kappa shape index (κ3) is 3.30. The molecule has 0 aliphatic heterocycles. The molecule has 0 N–H and O–H groups in total. The largest absolute Gasteiger partial charge is 0.497 e. The zero-order valence-electron chi connectivity index (χ0n) is 12.8. The number of fused-ring (bicyclic) bond motifs is 1. The van der Waals surface area contributed by atoms with Gasteiger partial charge in [0.05, 0.1) is 12.1 Å². The lowest BCUT2D eigenvalue weighted by Crippen LogP contribution is -1.91. The van der Waals surface area contributed by atoms with Crippen molar-refractivity contribution in [2.24, 2.45) is 0 Å². The lowest BCUT2D eigenvalue weighted by Gasteiger charge is -2.10. The van der Waals surface area contributed by atoms with Gasteiger partial charge in [-0.3, -0.25) is 4.79 Å². The molecule has 0 bridgehead atoms. The van der Waals surface area contributed by atoms with Crippen LogP contribution in [0.25, 0.3) is 10.8 Å². The average Bonchev–Trinajstić information content (AvgIpc) is 2.56. The second kappa shape index (κ2) is 6.31. The number of halogens is 1. The third-order valence-corrected chi connectivity index (χ3v) is 3.88. The highest BCUT2D eigenvalue weighted by molar-refractivity contribution is 6.32. The Kier molecular flexibility index (Phi) is 4.22. The van der Waals surface area contributed by atoms with E-state index in [-0.39, 0.29) is 5.78 Å². The number of methoxy groups -OCH3 is 1. The van der Waals surface area contributed by atoms with Gasteiger partial charge in [-0.15, -0.1) is 0 Å². The molecule has 3 rings (SSSR count). The van der Waals surface area contributed by atoms with Crippen LogP contribution >= 0.6 is 11.6 Å². The van der Waals surface area contributed by atoms with Crippen molar-refractivity contribution in [2.45, 2.75) is 6.92 Å². The normalized spacial score (nSPS) is 10.6. The van der Waals surface area contributed by atoms with Crippen molar-refractivity contribution in [1.29, 1.82) is 0 Å².